The Morgan fingerprint density at radius 3 is 2.39 bits per heavy atom. The zero-order valence-corrected chi connectivity index (χ0v) is 18.5. The Morgan fingerprint density at radius 2 is 1.71 bits per heavy atom. The summed E-state index contributed by atoms with van der Waals surface area (Å²) in [5, 5.41) is 3.98. The van der Waals surface area contributed by atoms with E-state index in [2.05, 4.69) is 5.32 Å². The van der Waals surface area contributed by atoms with E-state index >= 15 is 0 Å². The molecule has 1 heterocycles. The van der Waals surface area contributed by atoms with Crippen molar-refractivity contribution >= 4 is 23.4 Å². The molecule has 2 aromatic rings. The predicted molar refractivity (Wildman–Crippen MR) is 119 cm³/mol. The van der Waals surface area contributed by atoms with Gasteiger partial charge in [-0.15, -0.1) is 0 Å². The van der Waals surface area contributed by atoms with Crippen molar-refractivity contribution < 1.29 is 19.1 Å². The summed E-state index contributed by atoms with van der Waals surface area (Å²) in [5.74, 6) is -0.439. The van der Waals surface area contributed by atoms with Crippen LogP contribution in [0.3, 0.4) is 0 Å². The molecular formula is C25H24ClNO4. The highest BCUT2D eigenvalue weighted by molar-refractivity contribution is 6.31. The van der Waals surface area contributed by atoms with Crippen LogP contribution in [0.4, 0.5) is 0 Å². The highest BCUT2D eigenvalue weighted by Crippen LogP contribution is 2.48. The molecule has 160 valence electrons. The number of ether oxygens (including phenoxy) is 2. The number of allylic oxidation sites excluding steroid dienone is 3. The van der Waals surface area contributed by atoms with E-state index in [1.165, 1.54) is 7.11 Å². The van der Waals surface area contributed by atoms with Gasteiger partial charge in [0.05, 0.1) is 25.7 Å². The third kappa shape index (κ3) is 3.74. The predicted octanol–water partition coefficient (Wildman–Crippen LogP) is 4.88. The first-order valence-electron chi connectivity index (χ1n) is 10.2. The number of esters is 1. The molecule has 0 bridgehead atoms. The van der Waals surface area contributed by atoms with Gasteiger partial charge in [0, 0.05) is 34.0 Å². The molecule has 0 aromatic heterocycles. The summed E-state index contributed by atoms with van der Waals surface area (Å²) in [6.45, 7) is 1.84. The molecule has 2 aromatic carbocycles. The average Bonchev–Trinajstić information content (AvgIpc) is 2.77. The first kappa shape index (κ1) is 21.2. The summed E-state index contributed by atoms with van der Waals surface area (Å²) >= 11 is 6.42. The molecule has 4 rings (SSSR count). The second kappa shape index (κ2) is 8.60. The Bertz CT molecular complexity index is 1120. The van der Waals surface area contributed by atoms with Crippen LogP contribution in [0.15, 0.2) is 71.1 Å². The SMILES string of the molecule is COC(=O)C1=C(C)NC2=C(C(=O)C[C@@H](c3ccccc3Cl)C2)[C@@H]1c1ccccc1OC. The van der Waals surface area contributed by atoms with Crippen LogP contribution in [-0.2, 0) is 14.3 Å². The van der Waals surface area contributed by atoms with Crippen LogP contribution in [0.1, 0.15) is 42.7 Å². The lowest BCUT2D eigenvalue weighted by Gasteiger charge is -2.37. The van der Waals surface area contributed by atoms with Crippen molar-refractivity contribution in [3.63, 3.8) is 0 Å². The minimum absolute atomic E-state index is 0.0107. The minimum atomic E-state index is -0.556. The van der Waals surface area contributed by atoms with Gasteiger partial charge in [-0.05, 0) is 37.0 Å². The van der Waals surface area contributed by atoms with Gasteiger partial charge in [0.2, 0.25) is 0 Å². The molecule has 2 aliphatic rings. The van der Waals surface area contributed by atoms with E-state index in [1.807, 2.05) is 55.5 Å². The molecule has 5 nitrogen and oxygen atoms in total. The van der Waals surface area contributed by atoms with Crippen LogP contribution in [0.25, 0.3) is 0 Å². The quantitative estimate of drug-likeness (QED) is 0.690. The summed E-state index contributed by atoms with van der Waals surface area (Å²) in [5.41, 5.74) is 4.24. The van der Waals surface area contributed by atoms with Gasteiger partial charge in [0.1, 0.15) is 5.75 Å². The lowest BCUT2D eigenvalue weighted by Crippen LogP contribution is -2.36. The Morgan fingerprint density at radius 1 is 1.03 bits per heavy atom. The van der Waals surface area contributed by atoms with Gasteiger partial charge in [0.25, 0.3) is 0 Å². The highest BCUT2D eigenvalue weighted by atomic mass is 35.5. The topological polar surface area (TPSA) is 64.6 Å². The smallest absolute Gasteiger partial charge is 0.336 e. The van der Waals surface area contributed by atoms with Gasteiger partial charge in [-0.3, -0.25) is 4.79 Å². The molecule has 2 atom stereocenters. The molecule has 1 aliphatic heterocycles. The Hall–Kier alpha value is -3.05. The molecule has 0 unspecified atom stereocenters. The maximum atomic E-state index is 13.5. The number of methoxy groups -OCH3 is 2. The number of carbonyl (C=O) groups is 2. The van der Waals surface area contributed by atoms with E-state index in [0.29, 0.717) is 40.5 Å². The number of carbonyl (C=O) groups excluding carboxylic acids is 2. The number of hydrogen-bond donors (Lipinski definition) is 1. The largest absolute Gasteiger partial charge is 0.496 e. The standard InChI is InChI=1S/C25H24ClNO4/c1-14-22(25(29)31-3)23(17-9-5-7-11-21(17)30-2)24-19(27-14)12-15(13-20(24)28)16-8-4-6-10-18(16)26/h4-11,15,23,27H,12-13H2,1-3H3/t15-,23+/m0/s1. The number of nitrogens with one attached hydrogen (secondary N) is 1. The van der Waals surface area contributed by atoms with E-state index in [9.17, 15) is 9.59 Å². The van der Waals surface area contributed by atoms with Gasteiger partial charge >= 0.3 is 5.97 Å². The lowest BCUT2D eigenvalue weighted by molar-refractivity contribution is -0.136. The molecule has 0 spiro atoms. The summed E-state index contributed by atoms with van der Waals surface area (Å²) in [4.78, 5) is 26.3. The molecule has 0 fully saturated rings. The van der Waals surface area contributed by atoms with E-state index in [4.69, 9.17) is 21.1 Å². The number of benzene rings is 2. The zero-order valence-electron chi connectivity index (χ0n) is 17.7. The van der Waals surface area contributed by atoms with Crippen LogP contribution in [-0.4, -0.2) is 26.0 Å². The monoisotopic (exact) mass is 437 g/mol. The van der Waals surface area contributed by atoms with Crippen molar-refractivity contribution in [2.24, 2.45) is 0 Å². The number of para-hydroxylation sites is 1. The second-order valence-electron chi connectivity index (χ2n) is 7.77. The van der Waals surface area contributed by atoms with Crippen molar-refractivity contribution in [2.45, 2.75) is 31.6 Å². The molecule has 1 N–H and O–H groups in total. The third-order valence-corrected chi connectivity index (χ3v) is 6.37. The van der Waals surface area contributed by atoms with E-state index in [1.54, 1.807) is 7.11 Å². The fraction of sp³-hybridized carbons (Fsp3) is 0.280. The van der Waals surface area contributed by atoms with Crippen molar-refractivity contribution in [3.05, 3.63) is 87.2 Å². The number of rotatable bonds is 4. The molecule has 6 heteroatoms. The van der Waals surface area contributed by atoms with Gasteiger partial charge < -0.3 is 14.8 Å². The van der Waals surface area contributed by atoms with Crippen molar-refractivity contribution in [1.82, 2.24) is 5.32 Å². The number of ketones is 1. The Kier molecular flexibility index (Phi) is 5.88. The van der Waals surface area contributed by atoms with Crippen molar-refractivity contribution in [1.29, 1.82) is 0 Å². The Labute approximate surface area is 186 Å². The summed E-state index contributed by atoms with van der Waals surface area (Å²) in [6, 6.07) is 15.1. The van der Waals surface area contributed by atoms with E-state index in [-0.39, 0.29) is 11.7 Å². The molecule has 0 saturated heterocycles. The first-order valence-corrected chi connectivity index (χ1v) is 10.5. The van der Waals surface area contributed by atoms with Crippen LogP contribution in [0.2, 0.25) is 5.02 Å². The number of halogens is 1. The molecule has 0 amide bonds. The fourth-order valence-corrected chi connectivity index (χ4v) is 4.95. The fourth-order valence-electron chi connectivity index (χ4n) is 4.66. The normalized spacial score (nSPS) is 20.8. The number of Topliss-reactive ketones (excluding diaryl/α,β-unsaturated/α-hetero) is 1. The van der Waals surface area contributed by atoms with Gasteiger partial charge in [-0.2, -0.15) is 0 Å². The number of dihydropyridines is 1. The van der Waals surface area contributed by atoms with Crippen molar-refractivity contribution in [2.75, 3.05) is 14.2 Å². The zero-order chi connectivity index (χ0) is 22.1. The highest BCUT2D eigenvalue weighted by Gasteiger charge is 2.42. The number of hydrogen-bond acceptors (Lipinski definition) is 5. The molecule has 0 radical (unpaired) electrons. The maximum Gasteiger partial charge on any atom is 0.336 e. The summed E-state index contributed by atoms with van der Waals surface area (Å²) in [6.07, 6.45) is 0.950. The van der Waals surface area contributed by atoms with Gasteiger partial charge in [0.15, 0.2) is 5.78 Å². The van der Waals surface area contributed by atoms with E-state index in [0.717, 1.165) is 16.8 Å². The Balaban J connectivity index is 1.86. The van der Waals surface area contributed by atoms with Crippen molar-refractivity contribution in [3.8, 4) is 5.75 Å². The van der Waals surface area contributed by atoms with Crippen LogP contribution in [0, 0.1) is 0 Å². The molecule has 1 aliphatic carbocycles. The molecular weight excluding hydrogens is 414 g/mol. The summed E-state index contributed by atoms with van der Waals surface area (Å²) in [7, 11) is 2.93. The lowest BCUT2D eigenvalue weighted by atomic mass is 9.71. The third-order valence-electron chi connectivity index (χ3n) is 6.03. The molecule has 31 heavy (non-hydrogen) atoms. The minimum Gasteiger partial charge on any atom is -0.496 e. The molecule has 0 saturated carbocycles. The van der Waals surface area contributed by atoms with Crippen LogP contribution >= 0.6 is 11.6 Å². The average molecular weight is 438 g/mol. The van der Waals surface area contributed by atoms with E-state index < -0.39 is 11.9 Å². The maximum absolute atomic E-state index is 13.5. The second-order valence-corrected chi connectivity index (χ2v) is 8.18. The van der Waals surface area contributed by atoms with Crippen LogP contribution < -0.4 is 10.1 Å². The summed E-state index contributed by atoms with van der Waals surface area (Å²) < 4.78 is 10.6. The van der Waals surface area contributed by atoms with Gasteiger partial charge in [-0.1, -0.05) is 48.0 Å². The van der Waals surface area contributed by atoms with Crippen LogP contribution in [0.5, 0.6) is 5.75 Å². The van der Waals surface area contributed by atoms with Gasteiger partial charge in [-0.25, -0.2) is 4.79 Å². The first-order chi connectivity index (χ1) is 15.0.